The first-order valence-corrected chi connectivity index (χ1v) is 7.09. The van der Waals surface area contributed by atoms with E-state index in [9.17, 15) is 0 Å². The number of halogens is 1. The lowest BCUT2D eigenvalue weighted by Gasteiger charge is -2.36. The molecule has 17 heavy (non-hydrogen) atoms. The van der Waals surface area contributed by atoms with Gasteiger partial charge in [-0.3, -0.25) is 0 Å². The Hall–Kier alpha value is -0.830. The van der Waals surface area contributed by atoms with Gasteiger partial charge in [0.15, 0.2) is 0 Å². The molecule has 1 atom stereocenters. The van der Waals surface area contributed by atoms with Gasteiger partial charge in [0.1, 0.15) is 12.1 Å². The first-order valence-electron chi connectivity index (χ1n) is 6.55. The molecule has 92 valence electrons. The van der Waals surface area contributed by atoms with Gasteiger partial charge < -0.3 is 4.90 Å². The fourth-order valence-electron chi connectivity index (χ4n) is 3.03. The van der Waals surface area contributed by atoms with E-state index < -0.39 is 0 Å². The molecule has 0 N–H and O–H groups in total. The number of nitrogens with zero attached hydrogens (tertiary/aromatic N) is 3. The SMILES string of the molecule is ClCC1CCCCN1c1ncnc2c1CCC2. The van der Waals surface area contributed by atoms with Gasteiger partial charge in [0.2, 0.25) is 0 Å². The van der Waals surface area contributed by atoms with Crippen molar-refractivity contribution in [2.75, 3.05) is 17.3 Å². The lowest BCUT2D eigenvalue weighted by molar-refractivity contribution is 0.483. The number of piperidine rings is 1. The second-order valence-electron chi connectivity index (χ2n) is 4.97. The average Bonchev–Trinajstić information content (AvgIpc) is 2.86. The maximum atomic E-state index is 6.09. The van der Waals surface area contributed by atoms with E-state index in [1.807, 2.05) is 0 Å². The Morgan fingerprint density at radius 1 is 1.24 bits per heavy atom. The molecule has 0 amide bonds. The summed E-state index contributed by atoms with van der Waals surface area (Å²) in [5.74, 6) is 1.87. The zero-order valence-electron chi connectivity index (χ0n) is 10.0. The number of aryl methyl sites for hydroxylation is 1. The van der Waals surface area contributed by atoms with Crippen molar-refractivity contribution in [1.29, 1.82) is 0 Å². The Kier molecular flexibility index (Phi) is 3.19. The monoisotopic (exact) mass is 251 g/mol. The molecule has 3 nitrogen and oxygen atoms in total. The van der Waals surface area contributed by atoms with Crippen LogP contribution in [0.4, 0.5) is 5.82 Å². The minimum absolute atomic E-state index is 0.463. The van der Waals surface area contributed by atoms with Crippen LogP contribution in [-0.4, -0.2) is 28.4 Å². The summed E-state index contributed by atoms with van der Waals surface area (Å²) in [5, 5.41) is 0. The topological polar surface area (TPSA) is 29.0 Å². The van der Waals surface area contributed by atoms with Crippen LogP contribution in [0.2, 0.25) is 0 Å². The second kappa shape index (κ2) is 4.81. The van der Waals surface area contributed by atoms with Crippen molar-refractivity contribution in [3.05, 3.63) is 17.6 Å². The van der Waals surface area contributed by atoms with E-state index in [1.54, 1.807) is 6.33 Å². The number of fused-ring (bicyclic) bond motifs is 1. The molecule has 1 fully saturated rings. The molecule has 1 saturated heterocycles. The van der Waals surface area contributed by atoms with E-state index in [0.29, 0.717) is 11.9 Å². The summed E-state index contributed by atoms with van der Waals surface area (Å²) < 4.78 is 0. The number of hydrogen-bond donors (Lipinski definition) is 0. The predicted octanol–water partition coefficient (Wildman–Crippen LogP) is 2.56. The quantitative estimate of drug-likeness (QED) is 0.757. The molecule has 1 aliphatic heterocycles. The van der Waals surface area contributed by atoms with E-state index in [-0.39, 0.29) is 0 Å². The molecular weight excluding hydrogens is 234 g/mol. The maximum absolute atomic E-state index is 6.09. The minimum atomic E-state index is 0.463. The van der Waals surface area contributed by atoms with Gasteiger partial charge in [-0.15, -0.1) is 11.6 Å². The summed E-state index contributed by atoms with van der Waals surface area (Å²) in [4.78, 5) is 11.3. The Morgan fingerprint density at radius 2 is 2.18 bits per heavy atom. The second-order valence-corrected chi connectivity index (χ2v) is 5.28. The lowest BCUT2D eigenvalue weighted by atomic mass is 10.0. The van der Waals surface area contributed by atoms with E-state index >= 15 is 0 Å². The van der Waals surface area contributed by atoms with Crippen molar-refractivity contribution in [3.8, 4) is 0 Å². The minimum Gasteiger partial charge on any atom is -0.352 e. The summed E-state index contributed by atoms with van der Waals surface area (Å²) in [6, 6.07) is 0.463. The zero-order chi connectivity index (χ0) is 11.7. The van der Waals surface area contributed by atoms with Crippen molar-refractivity contribution in [3.63, 3.8) is 0 Å². The molecule has 2 aliphatic rings. The van der Waals surface area contributed by atoms with Crippen molar-refractivity contribution < 1.29 is 0 Å². The molecule has 1 unspecified atom stereocenters. The van der Waals surface area contributed by atoms with E-state index in [2.05, 4.69) is 14.9 Å². The summed E-state index contributed by atoms with van der Waals surface area (Å²) in [6.45, 7) is 1.10. The van der Waals surface area contributed by atoms with Crippen LogP contribution in [0.25, 0.3) is 0 Å². The largest absolute Gasteiger partial charge is 0.352 e. The van der Waals surface area contributed by atoms with Gasteiger partial charge >= 0.3 is 0 Å². The standard InChI is InChI=1S/C13H18ClN3/c14-8-10-4-1-2-7-17(10)13-11-5-3-6-12(11)15-9-16-13/h9-10H,1-8H2. The van der Waals surface area contributed by atoms with Gasteiger partial charge in [-0.25, -0.2) is 9.97 Å². The van der Waals surface area contributed by atoms with Gasteiger partial charge in [0.25, 0.3) is 0 Å². The van der Waals surface area contributed by atoms with Gasteiger partial charge in [0.05, 0.1) is 0 Å². The Labute approximate surface area is 107 Å². The fraction of sp³-hybridized carbons (Fsp3) is 0.692. The molecule has 1 aromatic heterocycles. The summed E-state index contributed by atoms with van der Waals surface area (Å²) >= 11 is 6.09. The fourth-order valence-corrected chi connectivity index (χ4v) is 3.35. The zero-order valence-corrected chi connectivity index (χ0v) is 10.8. The molecule has 0 radical (unpaired) electrons. The third-order valence-corrected chi connectivity index (χ3v) is 4.29. The molecule has 0 spiro atoms. The highest BCUT2D eigenvalue weighted by atomic mass is 35.5. The smallest absolute Gasteiger partial charge is 0.135 e. The van der Waals surface area contributed by atoms with Crippen LogP contribution < -0.4 is 4.90 Å². The summed E-state index contributed by atoms with van der Waals surface area (Å²) in [7, 11) is 0. The molecule has 0 saturated carbocycles. The van der Waals surface area contributed by atoms with Gasteiger partial charge in [0, 0.05) is 29.7 Å². The van der Waals surface area contributed by atoms with E-state index in [4.69, 9.17) is 11.6 Å². The van der Waals surface area contributed by atoms with Crippen molar-refractivity contribution in [2.24, 2.45) is 0 Å². The molecule has 0 aromatic carbocycles. The van der Waals surface area contributed by atoms with Gasteiger partial charge in [-0.2, -0.15) is 0 Å². The van der Waals surface area contributed by atoms with Crippen LogP contribution in [0, 0.1) is 0 Å². The highest BCUT2D eigenvalue weighted by molar-refractivity contribution is 6.18. The summed E-state index contributed by atoms with van der Waals surface area (Å²) in [5.41, 5.74) is 2.64. The number of anilines is 1. The normalized spacial score (nSPS) is 23.8. The Balaban J connectivity index is 1.95. The molecule has 1 aromatic rings. The number of aromatic nitrogens is 2. The van der Waals surface area contributed by atoms with Gasteiger partial charge in [-0.05, 0) is 38.5 Å². The summed E-state index contributed by atoms with van der Waals surface area (Å²) in [6.07, 6.45) is 8.94. The molecular formula is C13H18ClN3. The van der Waals surface area contributed by atoms with Crippen LogP contribution >= 0.6 is 11.6 Å². The predicted molar refractivity (Wildman–Crippen MR) is 69.8 cm³/mol. The van der Waals surface area contributed by atoms with Crippen LogP contribution in [0.5, 0.6) is 0 Å². The average molecular weight is 252 g/mol. The third-order valence-electron chi connectivity index (χ3n) is 3.93. The highest BCUT2D eigenvalue weighted by Crippen LogP contribution is 2.31. The van der Waals surface area contributed by atoms with Crippen LogP contribution in [0.3, 0.4) is 0 Å². The first-order chi connectivity index (χ1) is 8.40. The lowest BCUT2D eigenvalue weighted by Crippen LogP contribution is -2.41. The van der Waals surface area contributed by atoms with Crippen LogP contribution in [0.1, 0.15) is 36.9 Å². The van der Waals surface area contributed by atoms with E-state index in [0.717, 1.165) is 25.2 Å². The van der Waals surface area contributed by atoms with Crippen molar-refractivity contribution >= 4 is 17.4 Å². The highest BCUT2D eigenvalue weighted by Gasteiger charge is 2.27. The Morgan fingerprint density at radius 3 is 3.06 bits per heavy atom. The van der Waals surface area contributed by atoms with E-state index in [1.165, 1.54) is 36.9 Å². The van der Waals surface area contributed by atoms with Gasteiger partial charge in [-0.1, -0.05) is 0 Å². The van der Waals surface area contributed by atoms with Crippen molar-refractivity contribution in [2.45, 2.75) is 44.6 Å². The first kappa shape index (κ1) is 11.3. The molecule has 2 heterocycles. The Bertz CT molecular complexity index is 408. The number of rotatable bonds is 2. The maximum Gasteiger partial charge on any atom is 0.135 e. The molecule has 0 bridgehead atoms. The van der Waals surface area contributed by atoms with Crippen LogP contribution in [0.15, 0.2) is 6.33 Å². The molecule has 1 aliphatic carbocycles. The number of alkyl halides is 1. The van der Waals surface area contributed by atoms with Crippen LogP contribution in [-0.2, 0) is 12.8 Å². The van der Waals surface area contributed by atoms with Crippen molar-refractivity contribution in [1.82, 2.24) is 9.97 Å². The molecule has 4 heteroatoms. The molecule has 3 rings (SSSR count). The third kappa shape index (κ3) is 2.01. The number of hydrogen-bond acceptors (Lipinski definition) is 3.